The summed E-state index contributed by atoms with van der Waals surface area (Å²) in [5.41, 5.74) is 0.302. The number of amides is 1. The first kappa shape index (κ1) is 16.2. The van der Waals surface area contributed by atoms with E-state index in [9.17, 15) is 13.2 Å². The fourth-order valence-electron chi connectivity index (χ4n) is 3.16. The number of rotatable bonds is 4. The van der Waals surface area contributed by atoms with E-state index in [4.69, 9.17) is 4.52 Å². The van der Waals surface area contributed by atoms with Crippen molar-refractivity contribution in [1.29, 1.82) is 0 Å². The molecule has 0 bridgehead atoms. The Bertz CT molecular complexity index is 891. The Hall–Kier alpha value is -2.23. The van der Waals surface area contributed by atoms with Crippen LogP contribution < -0.4 is 0 Å². The van der Waals surface area contributed by atoms with Crippen LogP contribution in [0.2, 0.25) is 0 Å². The molecule has 10 heteroatoms. The van der Waals surface area contributed by atoms with Crippen molar-refractivity contribution in [2.45, 2.75) is 42.0 Å². The lowest BCUT2D eigenvalue weighted by Gasteiger charge is -2.30. The van der Waals surface area contributed by atoms with Crippen LogP contribution in [0.5, 0.6) is 0 Å². The second kappa shape index (κ2) is 5.94. The van der Waals surface area contributed by atoms with Gasteiger partial charge in [0.25, 0.3) is 5.91 Å². The van der Waals surface area contributed by atoms with Crippen LogP contribution in [0.15, 0.2) is 22.1 Å². The quantitative estimate of drug-likeness (QED) is 0.786. The average Bonchev–Trinajstić information content (AvgIpc) is 3.17. The van der Waals surface area contributed by atoms with Gasteiger partial charge in [-0.15, -0.1) is 10.2 Å². The van der Waals surface area contributed by atoms with Gasteiger partial charge < -0.3 is 14.0 Å². The molecular formula is C15H19N5O4S. The van der Waals surface area contributed by atoms with Crippen molar-refractivity contribution in [3.8, 4) is 0 Å². The minimum atomic E-state index is -3.54. The van der Waals surface area contributed by atoms with E-state index in [1.54, 1.807) is 18.0 Å². The molecule has 0 unspecified atom stereocenters. The number of nitrogens with zero attached hydrogens (tertiary/aromatic N) is 5. The maximum absolute atomic E-state index is 12.6. The second-order valence-corrected chi connectivity index (χ2v) is 8.77. The van der Waals surface area contributed by atoms with Gasteiger partial charge in [-0.25, -0.2) is 8.42 Å². The summed E-state index contributed by atoms with van der Waals surface area (Å²) in [6, 6.07) is 1.71. The molecular weight excluding hydrogens is 346 g/mol. The summed E-state index contributed by atoms with van der Waals surface area (Å²) in [6.07, 6.45) is 4.26. The third kappa shape index (κ3) is 2.94. The molecule has 1 amide bonds. The van der Waals surface area contributed by atoms with Crippen LogP contribution in [0, 0.1) is 0 Å². The molecule has 134 valence electrons. The van der Waals surface area contributed by atoms with Gasteiger partial charge in [0.15, 0.2) is 5.69 Å². The molecule has 2 aliphatic rings. The Morgan fingerprint density at radius 1 is 1.24 bits per heavy atom. The molecule has 2 aromatic rings. The fourth-order valence-corrected chi connectivity index (χ4v) is 4.90. The molecule has 25 heavy (non-hydrogen) atoms. The van der Waals surface area contributed by atoms with E-state index in [1.165, 1.54) is 10.9 Å². The highest BCUT2D eigenvalue weighted by Gasteiger charge is 2.36. The Labute approximate surface area is 144 Å². The summed E-state index contributed by atoms with van der Waals surface area (Å²) in [5, 5.41) is 10.6. The molecule has 0 aromatic carbocycles. The molecule has 1 saturated carbocycles. The Kier molecular flexibility index (Phi) is 3.86. The topological polar surface area (TPSA) is 111 Å². The number of aryl methyl sites for hydroxylation is 1. The molecule has 0 atom stereocenters. The number of sulfone groups is 1. The van der Waals surface area contributed by atoms with Crippen molar-refractivity contribution in [2.75, 3.05) is 13.1 Å². The highest BCUT2D eigenvalue weighted by Crippen LogP contribution is 2.40. The summed E-state index contributed by atoms with van der Waals surface area (Å²) >= 11 is 0. The number of likely N-dealkylation sites (tertiary alicyclic amines) is 1. The normalized spacial score (nSPS) is 19.3. The van der Waals surface area contributed by atoms with Gasteiger partial charge in [-0.3, -0.25) is 4.79 Å². The number of carbonyl (C=O) groups excluding carboxylic acids is 1. The Balaban J connectivity index is 1.42. The molecule has 0 radical (unpaired) electrons. The van der Waals surface area contributed by atoms with E-state index < -0.39 is 15.1 Å². The van der Waals surface area contributed by atoms with Gasteiger partial charge in [0.2, 0.25) is 15.0 Å². The first-order valence-corrected chi connectivity index (χ1v) is 9.85. The van der Waals surface area contributed by atoms with E-state index >= 15 is 0 Å². The number of piperidine rings is 1. The number of hydrogen-bond donors (Lipinski definition) is 0. The zero-order chi connectivity index (χ0) is 17.6. The van der Waals surface area contributed by atoms with Crippen molar-refractivity contribution >= 4 is 15.7 Å². The van der Waals surface area contributed by atoms with E-state index in [2.05, 4.69) is 15.4 Å². The predicted octanol–water partition coefficient (Wildman–Crippen LogP) is 0.759. The molecule has 1 aliphatic heterocycles. The van der Waals surface area contributed by atoms with Crippen LogP contribution in [0.1, 0.15) is 47.8 Å². The van der Waals surface area contributed by atoms with Crippen LogP contribution in [0.4, 0.5) is 0 Å². The predicted molar refractivity (Wildman–Crippen MR) is 85.6 cm³/mol. The van der Waals surface area contributed by atoms with E-state index in [0.29, 0.717) is 37.5 Å². The number of aromatic nitrogens is 4. The van der Waals surface area contributed by atoms with Crippen molar-refractivity contribution in [3.05, 3.63) is 23.8 Å². The van der Waals surface area contributed by atoms with Crippen molar-refractivity contribution in [3.63, 3.8) is 0 Å². The molecule has 0 spiro atoms. The minimum absolute atomic E-state index is 0.0251. The SMILES string of the molecule is Cn1cnnc1S(=O)(=O)C1CCN(C(=O)c2cc(C3CC3)on2)CC1. The maximum Gasteiger partial charge on any atom is 0.276 e. The molecule has 1 aliphatic carbocycles. The van der Waals surface area contributed by atoms with Crippen LogP contribution in [0.25, 0.3) is 0 Å². The monoisotopic (exact) mass is 365 g/mol. The van der Waals surface area contributed by atoms with Gasteiger partial charge in [0.05, 0.1) is 5.25 Å². The first-order valence-electron chi connectivity index (χ1n) is 8.30. The zero-order valence-electron chi connectivity index (χ0n) is 13.8. The van der Waals surface area contributed by atoms with E-state index in [-0.39, 0.29) is 11.1 Å². The summed E-state index contributed by atoms with van der Waals surface area (Å²) in [5.74, 6) is 0.963. The molecule has 9 nitrogen and oxygen atoms in total. The molecule has 2 fully saturated rings. The van der Waals surface area contributed by atoms with Gasteiger partial charge in [-0.05, 0) is 25.7 Å². The smallest absolute Gasteiger partial charge is 0.276 e. The van der Waals surface area contributed by atoms with Gasteiger partial charge in [0, 0.05) is 32.1 Å². The van der Waals surface area contributed by atoms with Gasteiger partial charge in [-0.1, -0.05) is 5.16 Å². The van der Waals surface area contributed by atoms with Crippen molar-refractivity contribution in [2.24, 2.45) is 7.05 Å². The average molecular weight is 365 g/mol. The van der Waals surface area contributed by atoms with E-state index in [0.717, 1.165) is 18.6 Å². The second-order valence-electron chi connectivity index (χ2n) is 6.65. The van der Waals surface area contributed by atoms with Crippen LogP contribution in [-0.2, 0) is 16.9 Å². The van der Waals surface area contributed by atoms with Crippen LogP contribution in [0.3, 0.4) is 0 Å². The standard InChI is InChI=1S/C15H19N5O4S/c1-19-9-16-17-15(19)25(22,23)11-4-6-20(7-5-11)14(21)12-8-13(24-18-12)10-2-3-10/h8-11H,2-7H2,1H3. The summed E-state index contributed by atoms with van der Waals surface area (Å²) in [7, 11) is -1.94. The largest absolute Gasteiger partial charge is 0.360 e. The van der Waals surface area contributed by atoms with E-state index in [1.807, 2.05) is 0 Å². The van der Waals surface area contributed by atoms with Crippen molar-refractivity contribution in [1.82, 2.24) is 24.8 Å². The molecule has 0 N–H and O–H groups in total. The molecule has 4 rings (SSSR count). The van der Waals surface area contributed by atoms with Gasteiger partial charge in [-0.2, -0.15) is 0 Å². The van der Waals surface area contributed by atoms with Crippen LogP contribution in [-0.4, -0.2) is 57.5 Å². The summed E-state index contributed by atoms with van der Waals surface area (Å²) < 4.78 is 31.9. The molecule has 2 aromatic heterocycles. The lowest BCUT2D eigenvalue weighted by atomic mass is 10.1. The fraction of sp³-hybridized carbons (Fsp3) is 0.600. The Morgan fingerprint density at radius 2 is 1.96 bits per heavy atom. The minimum Gasteiger partial charge on any atom is -0.360 e. The summed E-state index contributed by atoms with van der Waals surface area (Å²) in [4.78, 5) is 14.2. The maximum atomic E-state index is 12.6. The van der Waals surface area contributed by atoms with Gasteiger partial charge >= 0.3 is 0 Å². The number of carbonyl (C=O) groups is 1. The van der Waals surface area contributed by atoms with Crippen molar-refractivity contribution < 1.29 is 17.7 Å². The third-order valence-electron chi connectivity index (χ3n) is 4.82. The van der Waals surface area contributed by atoms with Gasteiger partial charge in [0.1, 0.15) is 12.1 Å². The molecule has 3 heterocycles. The third-order valence-corrected chi connectivity index (χ3v) is 7.05. The van der Waals surface area contributed by atoms with Crippen LogP contribution >= 0.6 is 0 Å². The highest BCUT2D eigenvalue weighted by molar-refractivity contribution is 7.91. The zero-order valence-corrected chi connectivity index (χ0v) is 14.6. The number of hydrogen-bond acceptors (Lipinski definition) is 7. The molecule has 1 saturated heterocycles. The summed E-state index contributed by atoms with van der Waals surface area (Å²) in [6.45, 7) is 0.735. The lowest BCUT2D eigenvalue weighted by molar-refractivity contribution is 0.0715. The Morgan fingerprint density at radius 3 is 2.56 bits per heavy atom. The first-order chi connectivity index (χ1) is 12.0. The highest BCUT2D eigenvalue weighted by atomic mass is 32.2. The lowest BCUT2D eigenvalue weighted by Crippen LogP contribution is -2.43.